The molecule has 0 radical (unpaired) electrons. The van der Waals surface area contributed by atoms with Crippen molar-refractivity contribution < 1.29 is 9.59 Å². The van der Waals surface area contributed by atoms with E-state index in [-0.39, 0.29) is 11.8 Å². The predicted octanol–water partition coefficient (Wildman–Crippen LogP) is 1.43. The third kappa shape index (κ3) is 4.65. The van der Waals surface area contributed by atoms with E-state index >= 15 is 0 Å². The molecule has 2 heterocycles. The van der Waals surface area contributed by atoms with Crippen molar-refractivity contribution >= 4 is 34.8 Å². The molecule has 2 rings (SSSR count). The zero-order chi connectivity index (χ0) is 17.0. The van der Waals surface area contributed by atoms with Crippen molar-refractivity contribution in [2.24, 2.45) is 0 Å². The van der Waals surface area contributed by atoms with Gasteiger partial charge in [-0.2, -0.15) is 0 Å². The maximum Gasteiger partial charge on any atom is 0.265 e. The molecule has 0 spiro atoms. The Kier molecular flexibility index (Phi) is 6.38. The van der Waals surface area contributed by atoms with E-state index in [9.17, 15) is 9.59 Å². The van der Waals surface area contributed by atoms with E-state index in [4.69, 9.17) is 11.6 Å². The molecule has 1 aliphatic rings. The minimum atomic E-state index is 0.00254. The Labute approximate surface area is 146 Å². The second kappa shape index (κ2) is 8.08. The quantitative estimate of drug-likeness (QED) is 0.747. The third-order valence-corrected chi connectivity index (χ3v) is 5.15. The molecule has 23 heavy (non-hydrogen) atoms. The van der Waals surface area contributed by atoms with Crippen LogP contribution >= 0.6 is 22.9 Å². The molecule has 1 fully saturated rings. The largest absolute Gasteiger partial charge is 0.344 e. The van der Waals surface area contributed by atoms with E-state index in [0.717, 1.165) is 43.4 Å². The normalized spacial score (nSPS) is 15.7. The van der Waals surface area contributed by atoms with Crippen LogP contribution in [-0.4, -0.2) is 77.7 Å². The molecular formula is C15H23ClN4O2S. The molecule has 0 atom stereocenters. The van der Waals surface area contributed by atoms with Gasteiger partial charge in [0.2, 0.25) is 5.91 Å². The molecule has 0 N–H and O–H groups in total. The summed E-state index contributed by atoms with van der Waals surface area (Å²) >= 11 is 7.08. The van der Waals surface area contributed by atoms with Crippen LogP contribution in [0.15, 0.2) is 0 Å². The van der Waals surface area contributed by atoms with E-state index in [2.05, 4.69) is 9.88 Å². The Balaban J connectivity index is 1.91. The topological polar surface area (TPSA) is 56.8 Å². The van der Waals surface area contributed by atoms with Crippen molar-refractivity contribution in [2.75, 3.05) is 46.2 Å². The molecule has 0 bridgehead atoms. The molecule has 0 aliphatic carbocycles. The summed E-state index contributed by atoms with van der Waals surface area (Å²) in [6.07, 6.45) is 0.406. The van der Waals surface area contributed by atoms with Gasteiger partial charge in [-0.25, -0.2) is 4.98 Å². The Bertz CT molecular complexity index is 568. The molecule has 6 nitrogen and oxygen atoms in total. The average Bonchev–Trinajstić information content (AvgIpc) is 2.87. The Morgan fingerprint density at radius 1 is 1.26 bits per heavy atom. The molecular weight excluding hydrogens is 336 g/mol. The molecule has 1 aromatic rings. The summed E-state index contributed by atoms with van der Waals surface area (Å²) in [6, 6.07) is 0. The van der Waals surface area contributed by atoms with Crippen molar-refractivity contribution in [3.8, 4) is 0 Å². The van der Waals surface area contributed by atoms with Crippen LogP contribution in [0.5, 0.6) is 0 Å². The molecule has 0 unspecified atom stereocenters. The van der Waals surface area contributed by atoms with Crippen molar-refractivity contribution in [2.45, 2.75) is 19.9 Å². The highest BCUT2D eigenvalue weighted by Crippen LogP contribution is 2.21. The lowest BCUT2D eigenvalue weighted by Gasteiger charge is -2.34. The third-order valence-electron chi connectivity index (χ3n) is 3.83. The Morgan fingerprint density at radius 2 is 1.91 bits per heavy atom. The lowest BCUT2D eigenvalue weighted by atomic mass is 10.3. The number of piperazine rings is 1. The van der Waals surface area contributed by atoms with Crippen molar-refractivity contribution in [3.05, 3.63) is 15.6 Å². The van der Waals surface area contributed by atoms with Crippen LogP contribution in [0.4, 0.5) is 0 Å². The highest BCUT2D eigenvalue weighted by Gasteiger charge is 2.23. The first-order valence-corrected chi connectivity index (χ1v) is 9.01. The van der Waals surface area contributed by atoms with Gasteiger partial charge in [0.25, 0.3) is 5.91 Å². The van der Waals surface area contributed by atoms with Crippen LogP contribution in [0.3, 0.4) is 0 Å². The number of carbonyl (C=O) groups excluding carboxylic acids is 2. The summed E-state index contributed by atoms with van der Waals surface area (Å²) in [4.78, 5) is 34.8. The molecule has 1 saturated heterocycles. The summed E-state index contributed by atoms with van der Waals surface area (Å²) in [5.41, 5.74) is 0.791. The maximum atomic E-state index is 12.1. The molecule has 1 aliphatic heterocycles. The van der Waals surface area contributed by atoms with Crippen molar-refractivity contribution in [1.82, 2.24) is 19.7 Å². The van der Waals surface area contributed by atoms with Gasteiger partial charge in [0.15, 0.2) is 0 Å². The highest BCUT2D eigenvalue weighted by atomic mass is 35.5. The van der Waals surface area contributed by atoms with E-state index in [0.29, 0.717) is 17.2 Å². The average molecular weight is 359 g/mol. The van der Waals surface area contributed by atoms with Gasteiger partial charge in [-0.05, 0) is 6.92 Å². The number of thiazole rings is 1. The van der Waals surface area contributed by atoms with Crippen LogP contribution in [0.25, 0.3) is 0 Å². The number of amides is 2. The number of hydrogen-bond acceptors (Lipinski definition) is 5. The molecule has 2 amide bonds. The summed E-state index contributed by atoms with van der Waals surface area (Å²) in [6.45, 7) is 5.70. The minimum absolute atomic E-state index is 0.00254. The van der Waals surface area contributed by atoms with Gasteiger partial charge < -0.3 is 9.80 Å². The lowest BCUT2D eigenvalue weighted by molar-refractivity contribution is -0.132. The number of aryl methyl sites for hydroxylation is 1. The first-order chi connectivity index (χ1) is 10.9. The molecule has 128 valence electrons. The smallest absolute Gasteiger partial charge is 0.265 e. The first kappa shape index (κ1) is 18.2. The summed E-state index contributed by atoms with van der Waals surface area (Å²) in [5.74, 6) is 0.506. The van der Waals surface area contributed by atoms with Gasteiger partial charge in [0.05, 0.1) is 12.2 Å². The number of alkyl halides is 1. The van der Waals surface area contributed by atoms with Crippen LogP contribution < -0.4 is 0 Å². The fourth-order valence-corrected chi connectivity index (χ4v) is 3.80. The van der Waals surface area contributed by atoms with Crippen LogP contribution in [0, 0.1) is 6.92 Å². The summed E-state index contributed by atoms with van der Waals surface area (Å²) in [5, 5.41) is 0.952. The minimum Gasteiger partial charge on any atom is -0.344 e. The highest BCUT2D eigenvalue weighted by molar-refractivity contribution is 7.13. The monoisotopic (exact) mass is 358 g/mol. The number of halogens is 1. The van der Waals surface area contributed by atoms with E-state index in [1.807, 2.05) is 11.8 Å². The Hall–Kier alpha value is -1.18. The van der Waals surface area contributed by atoms with Crippen molar-refractivity contribution in [3.63, 3.8) is 0 Å². The Morgan fingerprint density at radius 3 is 2.48 bits per heavy atom. The summed E-state index contributed by atoms with van der Waals surface area (Å²) in [7, 11) is 3.50. The van der Waals surface area contributed by atoms with E-state index in [1.165, 1.54) is 11.3 Å². The second-order valence-electron chi connectivity index (χ2n) is 5.82. The maximum absolute atomic E-state index is 12.1. The van der Waals surface area contributed by atoms with Crippen LogP contribution in [0.1, 0.15) is 26.8 Å². The lowest BCUT2D eigenvalue weighted by Crippen LogP contribution is -2.48. The standard InChI is InChI=1S/C15H23ClN4O2S/c1-11-14(15(22)18(2)3)23-12(17-11)10-19-6-8-20(9-7-19)13(21)4-5-16/h4-10H2,1-3H3. The molecule has 0 aromatic carbocycles. The van der Waals surface area contributed by atoms with E-state index in [1.54, 1.807) is 19.0 Å². The van der Waals surface area contributed by atoms with Gasteiger partial charge >= 0.3 is 0 Å². The van der Waals surface area contributed by atoms with E-state index < -0.39 is 0 Å². The second-order valence-corrected chi connectivity index (χ2v) is 7.28. The first-order valence-electron chi connectivity index (χ1n) is 7.66. The fraction of sp³-hybridized carbons (Fsp3) is 0.667. The number of aromatic nitrogens is 1. The van der Waals surface area contributed by atoms with Gasteiger partial charge in [0, 0.05) is 52.6 Å². The number of hydrogen-bond donors (Lipinski definition) is 0. The van der Waals surface area contributed by atoms with Crippen LogP contribution in [0.2, 0.25) is 0 Å². The predicted molar refractivity (Wildman–Crippen MR) is 92.1 cm³/mol. The number of nitrogens with zero attached hydrogens (tertiary/aromatic N) is 4. The molecule has 1 aromatic heterocycles. The molecule has 8 heteroatoms. The van der Waals surface area contributed by atoms with Crippen LogP contribution in [-0.2, 0) is 11.3 Å². The number of rotatable bonds is 5. The van der Waals surface area contributed by atoms with Gasteiger partial charge in [0.1, 0.15) is 9.88 Å². The molecule has 0 saturated carbocycles. The zero-order valence-electron chi connectivity index (χ0n) is 13.8. The number of carbonyl (C=O) groups is 2. The SMILES string of the molecule is Cc1nc(CN2CCN(C(=O)CCCl)CC2)sc1C(=O)N(C)C. The zero-order valence-corrected chi connectivity index (χ0v) is 15.4. The van der Waals surface area contributed by atoms with Gasteiger partial charge in [-0.15, -0.1) is 22.9 Å². The fourth-order valence-electron chi connectivity index (χ4n) is 2.51. The van der Waals surface area contributed by atoms with Gasteiger partial charge in [-0.3, -0.25) is 14.5 Å². The van der Waals surface area contributed by atoms with Crippen molar-refractivity contribution in [1.29, 1.82) is 0 Å². The van der Waals surface area contributed by atoms with Gasteiger partial charge in [-0.1, -0.05) is 0 Å². The summed E-state index contributed by atoms with van der Waals surface area (Å²) < 4.78 is 0.